The maximum atomic E-state index is 14.2. The number of benzene rings is 3. The van der Waals surface area contributed by atoms with E-state index in [1.54, 1.807) is 36.6 Å². The van der Waals surface area contributed by atoms with Gasteiger partial charge in [-0.25, -0.2) is 9.97 Å². The van der Waals surface area contributed by atoms with Gasteiger partial charge in [0.25, 0.3) is 5.91 Å². The Morgan fingerprint density at radius 2 is 1.67 bits per heavy atom. The van der Waals surface area contributed by atoms with Gasteiger partial charge in [0.15, 0.2) is 5.82 Å². The molecule has 370 valence electrons. The van der Waals surface area contributed by atoms with Gasteiger partial charge in [0.1, 0.15) is 23.5 Å². The normalized spacial score (nSPS) is 18.2. The van der Waals surface area contributed by atoms with Crippen LogP contribution in [0.1, 0.15) is 81.0 Å². The summed E-state index contributed by atoms with van der Waals surface area (Å²) in [5.41, 5.74) is 7.83. The van der Waals surface area contributed by atoms with Crippen LogP contribution in [0.25, 0.3) is 10.4 Å². The maximum Gasteiger partial charge on any atom is 0.260 e. The van der Waals surface area contributed by atoms with Gasteiger partial charge >= 0.3 is 0 Å². The number of hydrogen-bond donors (Lipinski definition) is 4. The highest BCUT2D eigenvalue weighted by Crippen LogP contribution is 2.39. The number of thiazole rings is 1. The number of fused-ring (bicyclic) bond motifs is 2. The molecule has 0 saturated carbocycles. The standard InChI is InChI=1S/C52H65N11O6S/c1-32(34-16-18-35(19-17-34)45-33(2)54-31-70-45)55-48(66)41-28-37(64)30-63(41)50(68)46(52(3,4)5)57-44(65)15-11-12-22-61-23-25-62(26-24-61)36-20-21-39(43(27-36)69-8)56-51-53-29-42-47(58-51)59(6)40-14-10-9-13-38(40)49(67)60(42)7/h9-10,13-14,16-21,27,29,31-32,37,41,46,64H,11-12,15,22-26,28,30H2,1-8H3,(H,55,66)(H,57,65)(H,53,56,58)/t32-,37+,41-,46+/m0/s1. The monoisotopic (exact) mass is 971 g/mol. The van der Waals surface area contributed by atoms with E-state index < -0.39 is 23.6 Å². The number of carbonyl (C=O) groups is 4. The molecule has 8 rings (SSSR count). The van der Waals surface area contributed by atoms with E-state index in [2.05, 4.69) is 41.8 Å². The molecule has 0 bridgehead atoms. The molecule has 70 heavy (non-hydrogen) atoms. The Hall–Kier alpha value is -6.63. The second-order valence-electron chi connectivity index (χ2n) is 19.5. The van der Waals surface area contributed by atoms with Gasteiger partial charge in [-0.2, -0.15) is 4.98 Å². The number of hydrogen-bond acceptors (Lipinski definition) is 14. The number of aromatic nitrogens is 3. The van der Waals surface area contributed by atoms with Crippen molar-refractivity contribution in [3.05, 3.63) is 95.3 Å². The number of piperazine rings is 1. The second-order valence-corrected chi connectivity index (χ2v) is 20.4. The van der Waals surface area contributed by atoms with Crippen molar-refractivity contribution in [1.29, 1.82) is 0 Å². The van der Waals surface area contributed by atoms with Crippen LogP contribution in [0.2, 0.25) is 0 Å². The van der Waals surface area contributed by atoms with Crippen molar-refractivity contribution in [3.63, 3.8) is 0 Å². The van der Waals surface area contributed by atoms with Crippen molar-refractivity contribution >= 4 is 69.5 Å². The predicted molar refractivity (Wildman–Crippen MR) is 274 cm³/mol. The van der Waals surface area contributed by atoms with Crippen LogP contribution >= 0.6 is 11.3 Å². The highest BCUT2D eigenvalue weighted by molar-refractivity contribution is 7.13. The third-order valence-electron chi connectivity index (χ3n) is 13.6. The summed E-state index contributed by atoms with van der Waals surface area (Å²) in [5.74, 6) is 0.558. The molecule has 3 aromatic carbocycles. The number of nitrogens with zero attached hydrogens (tertiary/aromatic N) is 8. The lowest BCUT2D eigenvalue weighted by Gasteiger charge is -2.36. The van der Waals surface area contributed by atoms with Crippen molar-refractivity contribution < 1.29 is 29.0 Å². The summed E-state index contributed by atoms with van der Waals surface area (Å²) in [5, 5.41) is 20.1. The molecule has 4 atom stereocenters. The summed E-state index contributed by atoms with van der Waals surface area (Å²) in [6, 6.07) is 19.4. The van der Waals surface area contributed by atoms with Crippen LogP contribution in [0.5, 0.6) is 5.75 Å². The minimum atomic E-state index is -0.880. The Bertz CT molecular complexity index is 2700. The highest BCUT2D eigenvalue weighted by Gasteiger charge is 2.45. The number of methoxy groups -OCH3 is 1. The number of rotatable bonds is 15. The third-order valence-corrected chi connectivity index (χ3v) is 14.6. The maximum absolute atomic E-state index is 14.2. The summed E-state index contributed by atoms with van der Waals surface area (Å²) < 4.78 is 5.83. The Morgan fingerprint density at radius 3 is 2.37 bits per heavy atom. The molecule has 18 heteroatoms. The number of anilines is 6. The van der Waals surface area contributed by atoms with Crippen LogP contribution < -0.4 is 35.4 Å². The molecule has 0 spiro atoms. The minimum absolute atomic E-state index is 0.0173. The number of amides is 4. The number of para-hydroxylation sites is 1. The molecule has 0 radical (unpaired) electrons. The van der Waals surface area contributed by atoms with E-state index in [0.29, 0.717) is 40.9 Å². The van der Waals surface area contributed by atoms with Crippen LogP contribution in [0.15, 0.2) is 78.4 Å². The van der Waals surface area contributed by atoms with Crippen LogP contribution in [-0.2, 0) is 14.4 Å². The molecule has 5 heterocycles. The van der Waals surface area contributed by atoms with E-state index in [4.69, 9.17) is 9.72 Å². The van der Waals surface area contributed by atoms with E-state index in [-0.39, 0.29) is 49.1 Å². The summed E-state index contributed by atoms with van der Waals surface area (Å²) in [7, 11) is 5.25. The summed E-state index contributed by atoms with van der Waals surface area (Å²) in [4.78, 5) is 79.1. The first-order valence-corrected chi connectivity index (χ1v) is 24.9. The van der Waals surface area contributed by atoms with Crippen molar-refractivity contribution in [2.24, 2.45) is 5.41 Å². The number of aliphatic hydroxyl groups is 1. The molecule has 0 unspecified atom stereocenters. The number of nitrogens with one attached hydrogen (secondary N) is 3. The number of aliphatic hydroxyl groups excluding tert-OH is 1. The predicted octanol–water partition coefficient (Wildman–Crippen LogP) is 6.68. The Morgan fingerprint density at radius 1 is 0.929 bits per heavy atom. The van der Waals surface area contributed by atoms with Gasteiger partial charge in [-0.05, 0) is 74.0 Å². The summed E-state index contributed by atoms with van der Waals surface area (Å²) >= 11 is 1.58. The zero-order valence-corrected chi connectivity index (χ0v) is 42.2. The first-order chi connectivity index (χ1) is 33.5. The fourth-order valence-electron chi connectivity index (χ4n) is 9.46. The van der Waals surface area contributed by atoms with Crippen LogP contribution in [0.3, 0.4) is 0 Å². The van der Waals surface area contributed by atoms with Gasteiger partial charge in [-0.15, -0.1) is 11.3 Å². The van der Waals surface area contributed by atoms with E-state index in [9.17, 15) is 24.3 Å². The lowest BCUT2D eigenvalue weighted by Crippen LogP contribution is -2.57. The van der Waals surface area contributed by atoms with Gasteiger partial charge in [0.2, 0.25) is 23.7 Å². The SMILES string of the molecule is COc1cc(N2CCN(CCCCC(=O)N[C@H](C(=O)N3C[C@H](O)C[C@H]3C(=O)N[C@@H](C)c3ccc(-c4scnc4C)cc3)C(C)(C)C)CC2)ccc1Nc1ncc2c(n1)N(C)c1ccccc1C(=O)N2C. The largest absolute Gasteiger partial charge is 0.494 e. The Labute approximate surface area is 414 Å². The molecule has 5 aromatic rings. The first kappa shape index (κ1) is 49.8. The molecule has 2 fully saturated rings. The number of aryl methyl sites for hydroxylation is 1. The zero-order chi connectivity index (χ0) is 49.9. The fourth-order valence-corrected chi connectivity index (χ4v) is 10.3. The van der Waals surface area contributed by atoms with E-state index >= 15 is 0 Å². The van der Waals surface area contributed by atoms with Crippen molar-refractivity contribution in [2.45, 2.75) is 84.5 Å². The molecule has 3 aliphatic heterocycles. The fraction of sp³-hybridized carbons (Fsp3) is 0.442. The van der Waals surface area contributed by atoms with Gasteiger partial charge in [-0.3, -0.25) is 24.1 Å². The highest BCUT2D eigenvalue weighted by atomic mass is 32.1. The molecule has 0 aliphatic carbocycles. The summed E-state index contributed by atoms with van der Waals surface area (Å²) in [6.45, 7) is 13.8. The second kappa shape index (κ2) is 21.2. The average Bonchev–Trinajstić information content (AvgIpc) is 3.96. The van der Waals surface area contributed by atoms with Gasteiger partial charge < -0.3 is 45.4 Å². The Balaban J connectivity index is 0.796. The number of ether oxygens (including phenoxy) is 1. The number of likely N-dealkylation sites (tertiary alicyclic amines) is 1. The average molecular weight is 972 g/mol. The van der Waals surface area contributed by atoms with Crippen molar-refractivity contribution in [3.8, 4) is 16.2 Å². The van der Waals surface area contributed by atoms with Crippen LogP contribution in [-0.4, -0.2) is 132 Å². The van der Waals surface area contributed by atoms with Gasteiger partial charge in [0.05, 0.1) is 58.5 Å². The molecular weight excluding hydrogens is 907 g/mol. The number of carbonyl (C=O) groups excluding carboxylic acids is 4. The topological polar surface area (TPSA) is 189 Å². The smallest absolute Gasteiger partial charge is 0.260 e. The van der Waals surface area contributed by atoms with E-state index in [0.717, 1.165) is 72.2 Å². The molecule has 3 aliphatic rings. The molecule has 4 amide bonds. The number of β-amino-alcohol motifs (C(OH)–C–C–N with tert-alkyl or cyclic N) is 1. The summed E-state index contributed by atoms with van der Waals surface area (Å²) in [6.07, 6.45) is 2.67. The van der Waals surface area contributed by atoms with Gasteiger partial charge in [0, 0.05) is 71.4 Å². The van der Waals surface area contributed by atoms with E-state index in [1.807, 2.05) is 113 Å². The van der Waals surface area contributed by atoms with Crippen molar-refractivity contribution in [2.75, 3.05) is 80.5 Å². The Kier molecular flexibility index (Phi) is 15.0. The van der Waals surface area contributed by atoms with Gasteiger partial charge in [-0.1, -0.05) is 57.2 Å². The lowest BCUT2D eigenvalue weighted by molar-refractivity contribution is -0.144. The molecular formula is C52H65N11O6S. The first-order valence-electron chi connectivity index (χ1n) is 24.0. The molecule has 2 saturated heterocycles. The molecule has 2 aromatic heterocycles. The van der Waals surface area contributed by atoms with Crippen LogP contribution in [0, 0.1) is 12.3 Å². The lowest BCUT2D eigenvalue weighted by atomic mass is 9.85. The van der Waals surface area contributed by atoms with Crippen molar-refractivity contribution in [1.82, 2.24) is 35.4 Å². The minimum Gasteiger partial charge on any atom is -0.494 e. The quantitative estimate of drug-likeness (QED) is 0.0815. The molecule has 17 nitrogen and oxygen atoms in total. The van der Waals surface area contributed by atoms with E-state index in [1.165, 1.54) is 4.90 Å². The van der Waals surface area contributed by atoms with Crippen LogP contribution in [0.4, 0.5) is 34.5 Å². The molecule has 4 N–H and O–H groups in total. The number of unbranched alkanes of at least 4 members (excludes halogenated alkanes) is 1. The third kappa shape index (κ3) is 10.9. The zero-order valence-electron chi connectivity index (χ0n) is 41.4.